The van der Waals surface area contributed by atoms with Gasteiger partial charge in [0.15, 0.2) is 5.84 Å². The first-order chi connectivity index (χ1) is 12.0. The summed E-state index contributed by atoms with van der Waals surface area (Å²) in [5, 5.41) is 0.711. The molecule has 1 aliphatic heterocycles. The van der Waals surface area contributed by atoms with E-state index in [0.29, 0.717) is 23.9 Å². The molecule has 0 radical (unpaired) electrons. The van der Waals surface area contributed by atoms with Crippen LogP contribution in [-0.2, 0) is 19.9 Å². The minimum absolute atomic E-state index is 0.274. The molecule has 1 unspecified atom stereocenters. The van der Waals surface area contributed by atoms with Gasteiger partial charge < -0.3 is 9.57 Å². The first-order valence-electron chi connectivity index (χ1n) is 7.90. The molecular weight excluding hydrogens is 340 g/mol. The number of carbonyl (C=O) groups is 1. The number of ether oxygens (including phenoxy) is 1. The highest BCUT2D eigenvalue weighted by molar-refractivity contribution is 6.31. The van der Waals surface area contributed by atoms with Gasteiger partial charge in [-0.2, -0.15) is 0 Å². The predicted octanol–water partition coefficient (Wildman–Crippen LogP) is 3.64. The Balaban J connectivity index is 1.96. The first kappa shape index (κ1) is 17.5. The maximum absolute atomic E-state index is 10.3. The number of hydrogen-bond acceptors (Lipinski definition) is 5. The molecule has 130 valence electrons. The molecule has 1 atom stereocenters. The van der Waals surface area contributed by atoms with Crippen molar-refractivity contribution in [3.8, 4) is 11.1 Å². The molecule has 0 saturated heterocycles. The standard InChI is InChI=1S/C19H19ClN2O3/c1-13-6-15(9-17(20)7-13)14-4-3-5-16(8-14)19(2)11-24-10-18(21-19)22-25-12-23/h3-9,12H,10-11H2,1-2H3,(H,21,22). The Labute approximate surface area is 151 Å². The summed E-state index contributed by atoms with van der Waals surface area (Å²) < 4.78 is 5.62. The molecule has 0 saturated carbocycles. The highest BCUT2D eigenvalue weighted by Crippen LogP contribution is 2.32. The smallest absolute Gasteiger partial charge is 0.320 e. The molecule has 0 bridgehead atoms. The van der Waals surface area contributed by atoms with Gasteiger partial charge in [0.25, 0.3) is 0 Å². The molecule has 0 aromatic heterocycles. The zero-order chi connectivity index (χ0) is 17.9. The van der Waals surface area contributed by atoms with E-state index in [4.69, 9.17) is 16.3 Å². The number of rotatable bonds is 4. The number of halogens is 1. The maximum Gasteiger partial charge on any atom is 0.320 e. The Morgan fingerprint density at radius 1 is 1.28 bits per heavy atom. The molecule has 0 amide bonds. The van der Waals surface area contributed by atoms with Crippen LogP contribution in [0.4, 0.5) is 0 Å². The van der Waals surface area contributed by atoms with Crippen LogP contribution in [0.2, 0.25) is 5.02 Å². The molecule has 25 heavy (non-hydrogen) atoms. The molecular formula is C19H19ClN2O3. The zero-order valence-electron chi connectivity index (χ0n) is 14.1. The van der Waals surface area contributed by atoms with E-state index >= 15 is 0 Å². The van der Waals surface area contributed by atoms with E-state index in [0.717, 1.165) is 22.3 Å². The maximum atomic E-state index is 10.3. The summed E-state index contributed by atoms with van der Waals surface area (Å²) in [4.78, 5) is 19.6. The van der Waals surface area contributed by atoms with Crippen LogP contribution >= 0.6 is 11.6 Å². The number of aliphatic imine (C=N–C) groups is 1. The minimum atomic E-state index is -0.573. The molecule has 0 fully saturated rings. The van der Waals surface area contributed by atoms with Gasteiger partial charge in [-0.3, -0.25) is 9.79 Å². The molecule has 1 N–H and O–H groups in total. The molecule has 0 aliphatic carbocycles. The second-order valence-electron chi connectivity index (χ2n) is 6.24. The summed E-state index contributed by atoms with van der Waals surface area (Å²) in [5.41, 5.74) is 6.15. The predicted molar refractivity (Wildman–Crippen MR) is 97.5 cm³/mol. The SMILES string of the molecule is Cc1cc(Cl)cc(-c2cccc(C3(C)COCC(NOC=O)=N3)c2)c1. The van der Waals surface area contributed by atoms with Crippen molar-refractivity contribution in [2.45, 2.75) is 19.4 Å². The zero-order valence-corrected chi connectivity index (χ0v) is 14.8. The number of carbonyl (C=O) groups excluding carboxylic acids is 1. The van der Waals surface area contributed by atoms with Gasteiger partial charge in [0.05, 0.1) is 6.61 Å². The van der Waals surface area contributed by atoms with Crippen molar-refractivity contribution < 1.29 is 14.4 Å². The lowest BCUT2D eigenvalue weighted by atomic mass is 9.90. The van der Waals surface area contributed by atoms with Crippen LogP contribution in [0.25, 0.3) is 11.1 Å². The van der Waals surface area contributed by atoms with E-state index in [1.165, 1.54) is 0 Å². The molecule has 2 aromatic carbocycles. The Kier molecular flexibility index (Phi) is 5.06. The lowest BCUT2D eigenvalue weighted by molar-refractivity contribution is -0.132. The Morgan fingerprint density at radius 3 is 2.88 bits per heavy atom. The second kappa shape index (κ2) is 7.25. The molecule has 1 aliphatic rings. The van der Waals surface area contributed by atoms with Gasteiger partial charge in [0.1, 0.15) is 12.1 Å². The lowest BCUT2D eigenvalue weighted by Crippen LogP contribution is -2.40. The van der Waals surface area contributed by atoms with Gasteiger partial charge in [-0.15, -0.1) is 0 Å². The van der Waals surface area contributed by atoms with E-state index in [9.17, 15) is 4.79 Å². The molecule has 6 heteroatoms. The fourth-order valence-electron chi connectivity index (χ4n) is 2.94. The summed E-state index contributed by atoms with van der Waals surface area (Å²) in [6, 6.07) is 14.1. The van der Waals surface area contributed by atoms with Gasteiger partial charge in [-0.1, -0.05) is 35.9 Å². The normalized spacial score (nSPS) is 19.9. The topological polar surface area (TPSA) is 59.9 Å². The monoisotopic (exact) mass is 358 g/mol. The molecule has 5 nitrogen and oxygen atoms in total. The highest BCUT2D eigenvalue weighted by Gasteiger charge is 2.31. The van der Waals surface area contributed by atoms with Crippen LogP contribution in [0.1, 0.15) is 18.1 Å². The first-order valence-corrected chi connectivity index (χ1v) is 8.28. The number of hydrogen-bond donors (Lipinski definition) is 1. The average molecular weight is 359 g/mol. The van der Waals surface area contributed by atoms with Crippen molar-refractivity contribution in [1.29, 1.82) is 0 Å². The number of nitrogens with one attached hydrogen (secondary N) is 1. The van der Waals surface area contributed by atoms with Crippen molar-refractivity contribution >= 4 is 23.9 Å². The highest BCUT2D eigenvalue weighted by atomic mass is 35.5. The average Bonchev–Trinajstić information content (AvgIpc) is 2.59. The van der Waals surface area contributed by atoms with Crippen LogP contribution in [0, 0.1) is 6.92 Å². The summed E-state index contributed by atoms with van der Waals surface area (Å²) in [5.74, 6) is 0.477. The molecule has 2 aromatic rings. The Hall–Kier alpha value is -2.37. The Bertz CT molecular complexity index is 802. The van der Waals surface area contributed by atoms with Gasteiger partial charge in [0, 0.05) is 5.02 Å². The van der Waals surface area contributed by atoms with E-state index in [2.05, 4.69) is 27.4 Å². The summed E-state index contributed by atoms with van der Waals surface area (Å²) in [7, 11) is 0. The quantitative estimate of drug-likeness (QED) is 0.669. The summed E-state index contributed by atoms with van der Waals surface area (Å²) in [6.45, 7) is 5.03. The number of hydroxylamine groups is 1. The summed E-state index contributed by atoms with van der Waals surface area (Å²) >= 11 is 6.19. The molecule has 1 heterocycles. The number of aryl methyl sites for hydroxylation is 1. The second-order valence-corrected chi connectivity index (χ2v) is 6.68. The molecule has 3 rings (SSSR count). The number of nitrogens with zero attached hydrogens (tertiary/aromatic N) is 1. The largest absolute Gasteiger partial charge is 0.371 e. The fourth-order valence-corrected chi connectivity index (χ4v) is 3.23. The van der Waals surface area contributed by atoms with Crippen molar-refractivity contribution in [2.75, 3.05) is 13.2 Å². The third-order valence-corrected chi connectivity index (χ3v) is 4.31. The summed E-state index contributed by atoms with van der Waals surface area (Å²) in [6.07, 6.45) is 0. The van der Waals surface area contributed by atoms with E-state index < -0.39 is 5.54 Å². The Morgan fingerprint density at radius 2 is 2.12 bits per heavy atom. The third-order valence-electron chi connectivity index (χ3n) is 4.09. The number of benzene rings is 2. The van der Waals surface area contributed by atoms with Crippen molar-refractivity contribution in [3.63, 3.8) is 0 Å². The fraction of sp³-hybridized carbons (Fsp3) is 0.263. The van der Waals surface area contributed by atoms with Gasteiger partial charge in [0.2, 0.25) is 0 Å². The number of amidine groups is 1. The van der Waals surface area contributed by atoms with Crippen LogP contribution < -0.4 is 5.48 Å². The van der Waals surface area contributed by atoms with E-state index in [1.54, 1.807) is 0 Å². The van der Waals surface area contributed by atoms with E-state index in [-0.39, 0.29) is 6.61 Å². The van der Waals surface area contributed by atoms with Crippen molar-refractivity contribution in [2.24, 2.45) is 4.99 Å². The van der Waals surface area contributed by atoms with Crippen LogP contribution in [0.5, 0.6) is 0 Å². The van der Waals surface area contributed by atoms with Gasteiger partial charge in [-0.05, 0) is 54.3 Å². The molecule has 0 spiro atoms. The van der Waals surface area contributed by atoms with Gasteiger partial charge >= 0.3 is 6.47 Å². The van der Waals surface area contributed by atoms with Crippen LogP contribution in [-0.4, -0.2) is 25.5 Å². The lowest BCUT2D eigenvalue weighted by Gasteiger charge is -2.31. The van der Waals surface area contributed by atoms with Crippen molar-refractivity contribution in [3.05, 3.63) is 58.6 Å². The van der Waals surface area contributed by atoms with Crippen LogP contribution in [0.15, 0.2) is 47.5 Å². The van der Waals surface area contributed by atoms with Crippen LogP contribution in [0.3, 0.4) is 0 Å². The third kappa shape index (κ3) is 4.00. The van der Waals surface area contributed by atoms with E-state index in [1.807, 2.05) is 44.2 Å². The van der Waals surface area contributed by atoms with Crippen molar-refractivity contribution in [1.82, 2.24) is 5.48 Å². The van der Waals surface area contributed by atoms with Gasteiger partial charge in [-0.25, -0.2) is 5.48 Å². The minimum Gasteiger partial charge on any atom is -0.371 e.